The molecule has 1 heterocycles. The average Bonchev–Trinajstić information content (AvgIpc) is 3.13. The van der Waals surface area contributed by atoms with Crippen LogP contribution in [0.15, 0.2) is 53.7 Å². The highest BCUT2D eigenvalue weighted by molar-refractivity contribution is 8.00. The van der Waals surface area contributed by atoms with Crippen LogP contribution in [0.5, 0.6) is 5.75 Å². The second-order valence-electron chi connectivity index (χ2n) is 7.29. The zero-order valence-corrected chi connectivity index (χ0v) is 17.9. The molecule has 0 saturated carbocycles. The Labute approximate surface area is 180 Å². The summed E-state index contributed by atoms with van der Waals surface area (Å²) in [4.78, 5) is 12.9. The molecule has 0 radical (unpaired) electrons. The van der Waals surface area contributed by atoms with Crippen molar-refractivity contribution < 1.29 is 9.53 Å². The van der Waals surface area contributed by atoms with Crippen LogP contribution in [0.25, 0.3) is 11.4 Å². The average molecular weight is 424 g/mol. The van der Waals surface area contributed by atoms with E-state index in [0.29, 0.717) is 16.7 Å². The number of aryl methyl sites for hydroxylation is 1. The molecular weight excluding hydrogens is 398 g/mol. The lowest BCUT2D eigenvalue weighted by atomic mass is 9.88. The lowest BCUT2D eigenvalue weighted by molar-refractivity contribution is -0.121. The van der Waals surface area contributed by atoms with Crippen molar-refractivity contribution in [1.82, 2.24) is 20.2 Å². The van der Waals surface area contributed by atoms with Gasteiger partial charge >= 0.3 is 0 Å². The van der Waals surface area contributed by atoms with Gasteiger partial charge in [0.1, 0.15) is 5.75 Å². The second kappa shape index (κ2) is 8.79. The first-order valence-corrected chi connectivity index (χ1v) is 10.8. The van der Waals surface area contributed by atoms with Crippen LogP contribution in [0.4, 0.5) is 0 Å². The number of thioether (sulfide) groups is 1. The lowest BCUT2D eigenvalue weighted by Crippen LogP contribution is -2.36. The van der Waals surface area contributed by atoms with Gasteiger partial charge in [-0.3, -0.25) is 4.79 Å². The van der Waals surface area contributed by atoms with E-state index in [4.69, 9.17) is 10.6 Å². The monoisotopic (exact) mass is 423 g/mol. The van der Waals surface area contributed by atoms with Gasteiger partial charge in [-0.15, -0.1) is 10.2 Å². The minimum atomic E-state index is -0.365. The summed E-state index contributed by atoms with van der Waals surface area (Å²) in [5.41, 5.74) is 3.28. The molecule has 0 fully saturated rings. The SMILES string of the molecule is COc1ccccc1-c1nnc(SC(C)C(=O)NC2CCCc3ccccc32)n1N. The summed E-state index contributed by atoms with van der Waals surface area (Å²) >= 11 is 1.29. The van der Waals surface area contributed by atoms with Gasteiger partial charge in [0.15, 0.2) is 5.82 Å². The Morgan fingerprint density at radius 2 is 2.00 bits per heavy atom. The van der Waals surface area contributed by atoms with Crippen LogP contribution in [-0.4, -0.2) is 33.1 Å². The molecule has 30 heavy (non-hydrogen) atoms. The third-order valence-electron chi connectivity index (χ3n) is 5.35. The summed E-state index contributed by atoms with van der Waals surface area (Å²) in [6.45, 7) is 1.85. The number of carbonyl (C=O) groups is 1. The maximum Gasteiger partial charge on any atom is 0.233 e. The van der Waals surface area contributed by atoms with Gasteiger partial charge in [0.05, 0.1) is 24.0 Å². The fraction of sp³-hybridized carbons (Fsp3) is 0.318. The summed E-state index contributed by atoms with van der Waals surface area (Å²) in [6, 6.07) is 15.8. The quantitative estimate of drug-likeness (QED) is 0.466. The van der Waals surface area contributed by atoms with Crippen molar-refractivity contribution in [2.75, 3.05) is 13.0 Å². The zero-order valence-electron chi connectivity index (χ0n) is 17.0. The van der Waals surface area contributed by atoms with Gasteiger partial charge < -0.3 is 15.9 Å². The fourth-order valence-electron chi connectivity index (χ4n) is 3.78. The number of nitrogens with one attached hydrogen (secondary N) is 1. The minimum Gasteiger partial charge on any atom is -0.496 e. The predicted molar refractivity (Wildman–Crippen MR) is 118 cm³/mol. The lowest BCUT2D eigenvalue weighted by Gasteiger charge is -2.27. The van der Waals surface area contributed by atoms with Crippen LogP contribution in [-0.2, 0) is 11.2 Å². The molecule has 1 aromatic heterocycles. The predicted octanol–water partition coefficient (Wildman–Crippen LogP) is 3.34. The van der Waals surface area contributed by atoms with E-state index in [9.17, 15) is 4.79 Å². The Kier molecular flexibility index (Phi) is 5.94. The Morgan fingerprint density at radius 1 is 1.23 bits per heavy atom. The molecule has 2 aromatic carbocycles. The molecule has 1 aliphatic rings. The number of rotatable bonds is 6. The van der Waals surface area contributed by atoms with E-state index >= 15 is 0 Å². The van der Waals surface area contributed by atoms with Crippen molar-refractivity contribution in [1.29, 1.82) is 0 Å². The highest BCUT2D eigenvalue weighted by Gasteiger charge is 2.26. The molecule has 3 N–H and O–H groups in total. The Balaban J connectivity index is 1.47. The third kappa shape index (κ3) is 4.00. The number of aromatic nitrogens is 3. The summed E-state index contributed by atoms with van der Waals surface area (Å²) < 4.78 is 6.79. The molecular formula is C22H25N5O2S. The van der Waals surface area contributed by atoms with Gasteiger partial charge in [0, 0.05) is 0 Å². The first kappa shape index (κ1) is 20.3. The standard InChI is InChI=1S/C22H25N5O2S/c1-14(21(28)24-18-12-7-9-15-8-3-4-10-16(15)18)30-22-26-25-20(27(22)23)17-11-5-6-13-19(17)29-2/h3-6,8,10-11,13-14,18H,7,9,12,23H2,1-2H3,(H,24,28). The molecule has 0 bridgehead atoms. The maximum absolute atomic E-state index is 12.9. The number of nitrogen functional groups attached to an aromatic ring is 1. The van der Waals surface area contributed by atoms with Gasteiger partial charge in [0.25, 0.3) is 0 Å². The Morgan fingerprint density at radius 3 is 2.83 bits per heavy atom. The van der Waals surface area contributed by atoms with E-state index in [1.54, 1.807) is 7.11 Å². The van der Waals surface area contributed by atoms with Crippen LogP contribution in [0.3, 0.4) is 0 Å². The molecule has 3 aromatic rings. The van der Waals surface area contributed by atoms with E-state index < -0.39 is 0 Å². The highest BCUT2D eigenvalue weighted by Crippen LogP contribution is 2.32. The number of para-hydroxylation sites is 1. The summed E-state index contributed by atoms with van der Waals surface area (Å²) in [6.07, 6.45) is 3.09. The van der Waals surface area contributed by atoms with Crippen molar-refractivity contribution in [2.45, 2.75) is 42.6 Å². The number of hydrogen-bond donors (Lipinski definition) is 2. The van der Waals surface area contributed by atoms with Gasteiger partial charge in [-0.25, -0.2) is 4.68 Å². The molecule has 4 rings (SSSR count). The van der Waals surface area contributed by atoms with Crippen molar-refractivity contribution in [3.05, 3.63) is 59.7 Å². The molecule has 8 heteroatoms. The molecule has 0 aliphatic heterocycles. The van der Waals surface area contributed by atoms with Gasteiger partial charge in [0.2, 0.25) is 11.1 Å². The maximum atomic E-state index is 12.9. The third-order valence-corrected chi connectivity index (χ3v) is 6.41. The van der Waals surface area contributed by atoms with Crippen molar-refractivity contribution >= 4 is 17.7 Å². The number of fused-ring (bicyclic) bond motifs is 1. The van der Waals surface area contributed by atoms with Crippen LogP contribution < -0.4 is 15.9 Å². The molecule has 1 amide bonds. The molecule has 0 spiro atoms. The first-order chi connectivity index (χ1) is 14.6. The van der Waals surface area contributed by atoms with Crippen LogP contribution in [0.1, 0.15) is 36.9 Å². The number of benzene rings is 2. The van der Waals surface area contributed by atoms with E-state index in [-0.39, 0.29) is 17.2 Å². The van der Waals surface area contributed by atoms with Crippen LogP contribution >= 0.6 is 11.8 Å². The molecule has 0 saturated heterocycles. The molecule has 1 aliphatic carbocycles. The minimum absolute atomic E-state index is 0.0384. The smallest absolute Gasteiger partial charge is 0.233 e. The van der Waals surface area contributed by atoms with Crippen molar-refractivity contribution in [3.8, 4) is 17.1 Å². The normalized spacial score (nSPS) is 16.5. The number of methoxy groups -OCH3 is 1. The van der Waals surface area contributed by atoms with Crippen LogP contribution in [0, 0.1) is 0 Å². The topological polar surface area (TPSA) is 95.1 Å². The van der Waals surface area contributed by atoms with E-state index in [1.807, 2.05) is 37.3 Å². The number of hydrogen-bond acceptors (Lipinski definition) is 6. The van der Waals surface area contributed by atoms with E-state index in [0.717, 1.165) is 24.8 Å². The zero-order chi connectivity index (χ0) is 21.1. The van der Waals surface area contributed by atoms with Gasteiger partial charge in [-0.05, 0) is 49.4 Å². The van der Waals surface area contributed by atoms with E-state index in [1.165, 1.54) is 27.6 Å². The molecule has 7 nitrogen and oxygen atoms in total. The highest BCUT2D eigenvalue weighted by atomic mass is 32.2. The molecule has 156 valence electrons. The first-order valence-electron chi connectivity index (χ1n) is 9.97. The summed E-state index contributed by atoms with van der Waals surface area (Å²) in [5, 5.41) is 11.7. The van der Waals surface area contributed by atoms with E-state index in [2.05, 4.69) is 33.7 Å². The largest absolute Gasteiger partial charge is 0.496 e. The van der Waals surface area contributed by atoms with Crippen molar-refractivity contribution in [3.63, 3.8) is 0 Å². The van der Waals surface area contributed by atoms with Gasteiger partial charge in [-0.1, -0.05) is 48.2 Å². The number of nitrogens with two attached hydrogens (primary N) is 1. The number of carbonyl (C=O) groups excluding carboxylic acids is 1. The Hall–Kier alpha value is -3.00. The summed E-state index contributed by atoms with van der Waals surface area (Å²) in [7, 11) is 1.60. The number of ether oxygens (including phenoxy) is 1. The van der Waals surface area contributed by atoms with Crippen molar-refractivity contribution in [2.24, 2.45) is 0 Å². The molecule has 2 atom stereocenters. The van der Waals surface area contributed by atoms with Gasteiger partial charge in [-0.2, -0.15) is 0 Å². The number of amides is 1. The number of nitrogens with zero attached hydrogens (tertiary/aromatic N) is 3. The van der Waals surface area contributed by atoms with Crippen LogP contribution in [0.2, 0.25) is 0 Å². The second-order valence-corrected chi connectivity index (χ2v) is 8.60. The fourth-order valence-corrected chi connectivity index (χ4v) is 4.55. The Bertz CT molecular complexity index is 1050. The summed E-state index contributed by atoms with van der Waals surface area (Å²) in [5.74, 6) is 7.35. The molecule has 2 unspecified atom stereocenters.